The molecule has 2 aliphatic carbocycles. The Hall–Kier alpha value is -1.40. The van der Waals surface area contributed by atoms with Crippen molar-refractivity contribution in [1.29, 1.82) is 0 Å². The first-order chi connectivity index (χ1) is 12.2. The molecule has 2 aromatic rings. The number of thiazole rings is 1. The number of ether oxygens (including phenoxy) is 1. The van der Waals surface area contributed by atoms with E-state index in [0.717, 1.165) is 16.9 Å². The molecule has 1 aromatic heterocycles. The standard InChI is InChI=1S/C19H21NO3S2/c1-2-23-13-8-10(5-6-12(13)21)15-14-9-3-4-11(7-9)16(14)24-18-17(15)25-19(22)20-18/h5-6,8-9,11,14-16,21H,2-4,7H2,1H3,(H,20,22)/t9-,11+,14+,15-,16-/m0/s1. The van der Waals surface area contributed by atoms with E-state index in [9.17, 15) is 9.90 Å². The monoisotopic (exact) mass is 375 g/mol. The number of H-pyrrole nitrogens is 1. The number of nitrogens with one attached hydrogen (secondary N) is 1. The van der Waals surface area contributed by atoms with Crippen LogP contribution < -0.4 is 9.61 Å². The molecule has 6 heteroatoms. The van der Waals surface area contributed by atoms with Gasteiger partial charge in [0.05, 0.1) is 11.6 Å². The fourth-order valence-electron chi connectivity index (χ4n) is 5.22. The Balaban J connectivity index is 1.65. The highest BCUT2D eigenvalue weighted by molar-refractivity contribution is 8.00. The molecule has 2 bridgehead atoms. The molecule has 25 heavy (non-hydrogen) atoms. The van der Waals surface area contributed by atoms with Crippen LogP contribution in [0.3, 0.4) is 0 Å². The van der Waals surface area contributed by atoms with Crippen LogP contribution in [0.25, 0.3) is 0 Å². The molecule has 2 fully saturated rings. The number of aromatic hydroxyl groups is 1. The largest absolute Gasteiger partial charge is 0.504 e. The van der Waals surface area contributed by atoms with Crippen molar-refractivity contribution in [3.8, 4) is 11.5 Å². The van der Waals surface area contributed by atoms with E-state index in [1.54, 1.807) is 6.07 Å². The van der Waals surface area contributed by atoms with Crippen LogP contribution in [0.5, 0.6) is 11.5 Å². The first kappa shape index (κ1) is 15.8. The number of phenols is 1. The van der Waals surface area contributed by atoms with Gasteiger partial charge in [-0.15, -0.1) is 11.8 Å². The number of thioether (sulfide) groups is 1. The van der Waals surface area contributed by atoms with Gasteiger partial charge in [-0.25, -0.2) is 0 Å². The van der Waals surface area contributed by atoms with Crippen LogP contribution in [0, 0.1) is 17.8 Å². The second kappa shape index (κ2) is 5.81. The third kappa shape index (κ3) is 2.37. The van der Waals surface area contributed by atoms with Crippen molar-refractivity contribution < 1.29 is 9.84 Å². The van der Waals surface area contributed by atoms with Gasteiger partial charge in [-0.05, 0) is 61.6 Å². The second-order valence-electron chi connectivity index (χ2n) is 7.34. The maximum Gasteiger partial charge on any atom is 0.305 e. The lowest BCUT2D eigenvalue weighted by molar-refractivity contribution is 0.302. The molecule has 132 valence electrons. The summed E-state index contributed by atoms with van der Waals surface area (Å²) in [5, 5.41) is 11.7. The van der Waals surface area contributed by atoms with E-state index in [-0.39, 0.29) is 16.5 Å². The number of phenolic OH excluding ortho intramolecular Hbond substituents is 1. The molecule has 3 aliphatic rings. The highest BCUT2D eigenvalue weighted by Crippen LogP contribution is 2.63. The third-order valence-corrected chi connectivity index (χ3v) is 8.73. The Labute approximate surface area is 154 Å². The van der Waals surface area contributed by atoms with E-state index in [2.05, 4.69) is 4.98 Å². The molecule has 0 saturated heterocycles. The fraction of sp³-hybridized carbons (Fsp3) is 0.526. The predicted octanol–water partition coefficient (Wildman–Crippen LogP) is 4.19. The van der Waals surface area contributed by atoms with Gasteiger partial charge in [0.15, 0.2) is 11.5 Å². The van der Waals surface area contributed by atoms with E-state index in [1.165, 1.54) is 41.0 Å². The number of fused-ring (bicyclic) bond motifs is 6. The van der Waals surface area contributed by atoms with Crippen LogP contribution in [0.2, 0.25) is 0 Å². The van der Waals surface area contributed by atoms with E-state index >= 15 is 0 Å². The smallest absolute Gasteiger partial charge is 0.305 e. The molecule has 2 N–H and O–H groups in total. The summed E-state index contributed by atoms with van der Waals surface area (Å²) >= 11 is 3.26. The van der Waals surface area contributed by atoms with Crippen molar-refractivity contribution in [2.24, 2.45) is 17.8 Å². The highest BCUT2D eigenvalue weighted by atomic mass is 32.2. The average Bonchev–Trinajstić information content (AvgIpc) is 3.28. The van der Waals surface area contributed by atoms with Crippen molar-refractivity contribution in [2.75, 3.05) is 6.61 Å². The SMILES string of the molecule is CCOc1cc([C@@H]2c3sc(=O)[nH]c3S[C@H]3[C@@H]4CC[C@@H](C4)[C@H]23)ccc1O. The number of rotatable bonds is 3. The molecule has 0 spiro atoms. The van der Waals surface area contributed by atoms with Crippen LogP contribution in [0.4, 0.5) is 0 Å². The summed E-state index contributed by atoms with van der Waals surface area (Å²) in [6, 6.07) is 5.73. The predicted molar refractivity (Wildman–Crippen MR) is 100 cm³/mol. The van der Waals surface area contributed by atoms with Gasteiger partial charge in [0.1, 0.15) is 0 Å². The molecule has 0 amide bonds. The Morgan fingerprint density at radius 3 is 3.00 bits per heavy atom. The molecule has 2 heterocycles. The Morgan fingerprint density at radius 1 is 1.32 bits per heavy atom. The lowest BCUT2D eigenvalue weighted by Crippen LogP contribution is -2.33. The first-order valence-corrected chi connectivity index (χ1v) is 10.7. The summed E-state index contributed by atoms with van der Waals surface area (Å²) in [7, 11) is 0. The summed E-state index contributed by atoms with van der Waals surface area (Å²) in [4.78, 5) is 16.3. The van der Waals surface area contributed by atoms with Crippen molar-refractivity contribution in [3.63, 3.8) is 0 Å². The van der Waals surface area contributed by atoms with E-state index in [1.807, 2.05) is 30.8 Å². The Morgan fingerprint density at radius 2 is 2.16 bits per heavy atom. The summed E-state index contributed by atoms with van der Waals surface area (Å²) in [6.07, 6.45) is 3.97. The molecule has 1 aliphatic heterocycles. The maximum absolute atomic E-state index is 12.0. The van der Waals surface area contributed by atoms with Gasteiger partial charge in [-0.1, -0.05) is 17.4 Å². The van der Waals surface area contributed by atoms with Crippen LogP contribution >= 0.6 is 23.1 Å². The highest BCUT2D eigenvalue weighted by Gasteiger charge is 2.54. The van der Waals surface area contributed by atoms with E-state index in [4.69, 9.17) is 4.74 Å². The van der Waals surface area contributed by atoms with Gasteiger partial charge in [-0.3, -0.25) is 4.79 Å². The number of benzene rings is 1. The number of hydrogen-bond acceptors (Lipinski definition) is 5. The lowest BCUT2D eigenvalue weighted by Gasteiger charge is -2.40. The zero-order chi connectivity index (χ0) is 17.1. The van der Waals surface area contributed by atoms with Gasteiger partial charge >= 0.3 is 4.87 Å². The van der Waals surface area contributed by atoms with Crippen molar-refractivity contribution >= 4 is 23.1 Å². The Kier molecular flexibility index (Phi) is 3.68. The van der Waals surface area contributed by atoms with Gasteiger partial charge in [-0.2, -0.15) is 0 Å². The molecule has 0 unspecified atom stereocenters. The van der Waals surface area contributed by atoms with Gasteiger partial charge in [0.25, 0.3) is 0 Å². The first-order valence-electron chi connectivity index (χ1n) is 9.01. The van der Waals surface area contributed by atoms with Gasteiger partial charge in [0, 0.05) is 16.0 Å². The zero-order valence-electron chi connectivity index (χ0n) is 14.0. The minimum atomic E-state index is 0.0404. The molecule has 5 atom stereocenters. The summed E-state index contributed by atoms with van der Waals surface area (Å²) in [5.74, 6) is 3.08. The van der Waals surface area contributed by atoms with E-state index in [0.29, 0.717) is 23.5 Å². The molecule has 2 saturated carbocycles. The van der Waals surface area contributed by atoms with Gasteiger partial charge in [0.2, 0.25) is 0 Å². The Bertz CT molecular complexity index is 874. The molecule has 4 nitrogen and oxygen atoms in total. The van der Waals surface area contributed by atoms with Crippen molar-refractivity contribution in [1.82, 2.24) is 4.98 Å². The molecular formula is C19H21NO3S2. The molecule has 1 aromatic carbocycles. The third-order valence-electron chi connectivity index (χ3n) is 6.11. The van der Waals surface area contributed by atoms with Crippen molar-refractivity contribution in [3.05, 3.63) is 38.3 Å². The summed E-state index contributed by atoms with van der Waals surface area (Å²) in [6.45, 7) is 2.45. The second-order valence-corrected chi connectivity index (χ2v) is 9.54. The average molecular weight is 376 g/mol. The van der Waals surface area contributed by atoms with Crippen LogP contribution in [-0.2, 0) is 0 Å². The number of aromatic nitrogens is 1. The van der Waals surface area contributed by atoms with Crippen molar-refractivity contribution in [2.45, 2.75) is 42.4 Å². The number of hydrogen-bond donors (Lipinski definition) is 2. The molecule has 0 radical (unpaired) electrons. The van der Waals surface area contributed by atoms with E-state index < -0.39 is 0 Å². The summed E-state index contributed by atoms with van der Waals surface area (Å²) < 4.78 is 5.61. The zero-order valence-corrected chi connectivity index (χ0v) is 15.7. The maximum atomic E-state index is 12.0. The number of aromatic amines is 1. The normalized spacial score (nSPS) is 32.4. The van der Waals surface area contributed by atoms with Crippen LogP contribution in [-0.4, -0.2) is 21.9 Å². The minimum Gasteiger partial charge on any atom is -0.504 e. The van der Waals surface area contributed by atoms with Crippen LogP contribution in [0.15, 0.2) is 28.0 Å². The van der Waals surface area contributed by atoms with Crippen LogP contribution in [0.1, 0.15) is 42.5 Å². The quantitative estimate of drug-likeness (QED) is 0.844. The fourth-order valence-corrected chi connectivity index (χ4v) is 8.11. The molecular weight excluding hydrogens is 354 g/mol. The molecule has 5 rings (SSSR count). The topological polar surface area (TPSA) is 62.3 Å². The minimum absolute atomic E-state index is 0.0404. The lowest BCUT2D eigenvalue weighted by atomic mass is 9.75. The van der Waals surface area contributed by atoms with Gasteiger partial charge < -0.3 is 14.8 Å². The summed E-state index contributed by atoms with van der Waals surface area (Å²) in [5.41, 5.74) is 1.17.